The first kappa shape index (κ1) is 21.1. The van der Waals surface area contributed by atoms with Crippen molar-refractivity contribution in [2.24, 2.45) is 0 Å². The summed E-state index contributed by atoms with van der Waals surface area (Å²) in [6.07, 6.45) is 0. The summed E-state index contributed by atoms with van der Waals surface area (Å²) in [5.41, 5.74) is 3.43. The zero-order chi connectivity index (χ0) is 22.5. The second-order valence-corrected chi connectivity index (χ2v) is 7.23. The molecule has 4 rings (SSSR count). The summed E-state index contributed by atoms with van der Waals surface area (Å²) in [6, 6.07) is 23.8. The van der Waals surface area contributed by atoms with E-state index in [1.807, 2.05) is 54.6 Å². The Kier molecular flexibility index (Phi) is 6.12. The molecule has 0 aliphatic carbocycles. The first-order valence-corrected chi connectivity index (χ1v) is 10.1. The van der Waals surface area contributed by atoms with E-state index in [9.17, 15) is 9.59 Å². The molecule has 0 radical (unpaired) electrons. The molecule has 0 fully saturated rings. The molecule has 3 aromatic carbocycles. The molecule has 1 N–H and O–H groups in total. The summed E-state index contributed by atoms with van der Waals surface area (Å²) >= 11 is 0. The molecule has 0 bridgehead atoms. The lowest BCUT2D eigenvalue weighted by Crippen LogP contribution is -2.20. The SMILES string of the molecule is COc1cccc(-c2cc(OCC(=O)Nc3cccc(C(C)=O)c3)c3ccccc3n2)c1. The van der Waals surface area contributed by atoms with Crippen molar-refractivity contribution < 1.29 is 19.1 Å². The van der Waals surface area contributed by atoms with Crippen LogP contribution in [0.15, 0.2) is 78.9 Å². The van der Waals surface area contributed by atoms with E-state index < -0.39 is 0 Å². The van der Waals surface area contributed by atoms with Crippen LogP contribution in [0.2, 0.25) is 0 Å². The van der Waals surface area contributed by atoms with Crippen LogP contribution in [0.4, 0.5) is 5.69 Å². The van der Waals surface area contributed by atoms with Gasteiger partial charge in [-0.2, -0.15) is 0 Å². The molecule has 0 atom stereocenters. The van der Waals surface area contributed by atoms with E-state index >= 15 is 0 Å². The van der Waals surface area contributed by atoms with Gasteiger partial charge in [-0.15, -0.1) is 0 Å². The number of para-hydroxylation sites is 1. The summed E-state index contributed by atoms with van der Waals surface area (Å²) < 4.78 is 11.2. The second-order valence-electron chi connectivity index (χ2n) is 7.23. The largest absolute Gasteiger partial charge is 0.497 e. The topological polar surface area (TPSA) is 77.5 Å². The van der Waals surface area contributed by atoms with Crippen molar-refractivity contribution in [1.29, 1.82) is 0 Å². The number of anilines is 1. The highest BCUT2D eigenvalue weighted by Gasteiger charge is 2.12. The van der Waals surface area contributed by atoms with Crippen molar-refractivity contribution in [2.75, 3.05) is 19.0 Å². The van der Waals surface area contributed by atoms with Crippen LogP contribution in [0.25, 0.3) is 22.2 Å². The van der Waals surface area contributed by atoms with Gasteiger partial charge >= 0.3 is 0 Å². The Hall–Kier alpha value is -4.19. The normalized spacial score (nSPS) is 10.6. The Morgan fingerprint density at radius 1 is 0.938 bits per heavy atom. The van der Waals surface area contributed by atoms with Gasteiger partial charge < -0.3 is 14.8 Å². The molecule has 0 saturated heterocycles. The van der Waals surface area contributed by atoms with E-state index in [1.165, 1.54) is 6.92 Å². The van der Waals surface area contributed by atoms with E-state index in [0.29, 0.717) is 22.7 Å². The number of hydrogen-bond donors (Lipinski definition) is 1. The van der Waals surface area contributed by atoms with Gasteiger partial charge in [0.15, 0.2) is 12.4 Å². The van der Waals surface area contributed by atoms with Crippen molar-refractivity contribution in [3.05, 3.63) is 84.4 Å². The maximum Gasteiger partial charge on any atom is 0.262 e. The first-order valence-electron chi connectivity index (χ1n) is 10.1. The lowest BCUT2D eigenvalue weighted by molar-refractivity contribution is -0.118. The summed E-state index contributed by atoms with van der Waals surface area (Å²) in [5, 5.41) is 3.58. The number of ether oxygens (including phenoxy) is 2. The van der Waals surface area contributed by atoms with Crippen LogP contribution in [0.1, 0.15) is 17.3 Å². The molecule has 0 spiro atoms. The van der Waals surface area contributed by atoms with Gasteiger partial charge in [0.25, 0.3) is 5.91 Å². The number of nitrogens with one attached hydrogen (secondary N) is 1. The van der Waals surface area contributed by atoms with Gasteiger partial charge in [0, 0.05) is 28.3 Å². The maximum absolute atomic E-state index is 12.5. The van der Waals surface area contributed by atoms with Crippen molar-refractivity contribution in [1.82, 2.24) is 4.98 Å². The third-order valence-corrected chi connectivity index (χ3v) is 4.96. The van der Waals surface area contributed by atoms with Gasteiger partial charge in [-0.3, -0.25) is 9.59 Å². The number of fused-ring (bicyclic) bond motifs is 1. The fourth-order valence-corrected chi connectivity index (χ4v) is 3.35. The predicted molar refractivity (Wildman–Crippen MR) is 124 cm³/mol. The smallest absolute Gasteiger partial charge is 0.262 e. The minimum absolute atomic E-state index is 0.0642. The van der Waals surface area contributed by atoms with Gasteiger partial charge in [0.2, 0.25) is 0 Å². The zero-order valence-corrected chi connectivity index (χ0v) is 17.8. The number of Topliss-reactive ketones (excluding diaryl/α,β-unsaturated/α-hetero) is 1. The quantitative estimate of drug-likeness (QED) is 0.415. The Labute approximate surface area is 185 Å². The van der Waals surface area contributed by atoms with Gasteiger partial charge in [0.1, 0.15) is 11.5 Å². The molecule has 0 aliphatic rings. The molecule has 1 aromatic heterocycles. The van der Waals surface area contributed by atoms with E-state index in [4.69, 9.17) is 14.5 Å². The monoisotopic (exact) mass is 426 g/mol. The highest BCUT2D eigenvalue weighted by molar-refractivity contribution is 5.97. The average molecular weight is 426 g/mol. The number of aromatic nitrogens is 1. The Bertz CT molecular complexity index is 1300. The van der Waals surface area contributed by atoms with Crippen LogP contribution in [-0.2, 0) is 4.79 Å². The third kappa shape index (κ3) is 4.75. The molecule has 1 amide bonds. The van der Waals surface area contributed by atoms with Crippen molar-refractivity contribution in [3.63, 3.8) is 0 Å². The number of pyridine rings is 1. The Morgan fingerprint density at radius 3 is 2.56 bits per heavy atom. The number of hydrogen-bond acceptors (Lipinski definition) is 5. The van der Waals surface area contributed by atoms with Gasteiger partial charge in [0.05, 0.1) is 18.3 Å². The minimum atomic E-state index is -0.325. The number of nitrogens with zero attached hydrogens (tertiary/aromatic N) is 1. The second kappa shape index (κ2) is 9.31. The average Bonchev–Trinajstić information content (AvgIpc) is 2.82. The summed E-state index contributed by atoms with van der Waals surface area (Å²) in [5.74, 6) is 0.897. The summed E-state index contributed by atoms with van der Waals surface area (Å²) in [7, 11) is 1.62. The minimum Gasteiger partial charge on any atom is -0.497 e. The summed E-state index contributed by atoms with van der Waals surface area (Å²) in [4.78, 5) is 28.8. The number of benzene rings is 3. The van der Waals surface area contributed by atoms with Gasteiger partial charge in [-0.25, -0.2) is 4.98 Å². The lowest BCUT2D eigenvalue weighted by Gasteiger charge is -2.12. The number of methoxy groups -OCH3 is 1. The van der Waals surface area contributed by atoms with Crippen molar-refractivity contribution >= 4 is 28.3 Å². The van der Waals surface area contributed by atoms with Crippen LogP contribution in [0.3, 0.4) is 0 Å². The molecule has 0 saturated carbocycles. The van der Waals surface area contributed by atoms with E-state index in [0.717, 1.165) is 22.2 Å². The fourth-order valence-electron chi connectivity index (χ4n) is 3.35. The van der Waals surface area contributed by atoms with Gasteiger partial charge in [-0.1, -0.05) is 36.4 Å². The van der Waals surface area contributed by atoms with Crippen LogP contribution < -0.4 is 14.8 Å². The van der Waals surface area contributed by atoms with Crippen LogP contribution in [0.5, 0.6) is 11.5 Å². The number of ketones is 1. The van der Waals surface area contributed by atoms with Crippen LogP contribution in [-0.4, -0.2) is 30.4 Å². The molecular weight excluding hydrogens is 404 g/mol. The van der Waals surface area contributed by atoms with E-state index in [2.05, 4.69) is 5.32 Å². The number of rotatable bonds is 7. The van der Waals surface area contributed by atoms with Crippen molar-refractivity contribution in [3.8, 4) is 22.8 Å². The Balaban J connectivity index is 1.57. The predicted octanol–water partition coefficient (Wildman–Crippen LogP) is 5.13. The third-order valence-electron chi connectivity index (χ3n) is 4.96. The van der Waals surface area contributed by atoms with E-state index in [-0.39, 0.29) is 18.3 Å². The maximum atomic E-state index is 12.5. The number of carbonyl (C=O) groups excluding carboxylic acids is 2. The molecule has 6 heteroatoms. The first-order chi connectivity index (χ1) is 15.5. The molecule has 0 aliphatic heterocycles. The fraction of sp³-hybridized carbons (Fsp3) is 0.115. The molecule has 0 unspecified atom stereocenters. The zero-order valence-electron chi connectivity index (χ0n) is 17.8. The van der Waals surface area contributed by atoms with Crippen LogP contribution >= 0.6 is 0 Å². The summed E-state index contributed by atoms with van der Waals surface area (Å²) in [6.45, 7) is 1.30. The van der Waals surface area contributed by atoms with Gasteiger partial charge in [-0.05, 0) is 43.3 Å². The molecule has 32 heavy (non-hydrogen) atoms. The Morgan fingerprint density at radius 2 is 1.75 bits per heavy atom. The molecular formula is C26H22N2O4. The highest BCUT2D eigenvalue weighted by Crippen LogP contribution is 2.31. The molecule has 6 nitrogen and oxygen atoms in total. The lowest BCUT2D eigenvalue weighted by atomic mass is 10.1. The number of amides is 1. The van der Waals surface area contributed by atoms with E-state index in [1.54, 1.807) is 31.4 Å². The molecule has 1 heterocycles. The molecule has 160 valence electrons. The highest BCUT2D eigenvalue weighted by atomic mass is 16.5. The number of carbonyl (C=O) groups is 2. The molecule has 4 aromatic rings. The van der Waals surface area contributed by atoms with Crippen molar-refractivity contribution in [2.45, 2.75) is 6.92 Å². The standard InChI is InChI=1S/C26H22N2O4/c1-17(29)18-7-5-9-20(13-18)27-26(30)16-32-25-15-24(19-8-6-10-21(14-19)31-2)28-23-12-4-3-11-22(23)25/h3-15H,16H2,1-2H3,(H,27,30). The van der Waals surface area contributed by atoms with Crippen LogP contribution in [0, 0.1) is 0 Å².